The fourth-order valence-electron chi connectivity index (χ4n) is 3.10. The number of alkyl halides is 19. The first-order valence-electron chi connectivity index (χ1n) is 40.4. The summed E-state index contributed by atoms with van der Waals surface area (Å²) in [4.78, 5) is 2.20. The molecular formula is C82H173Cl5F14N2O18. The minimum Gasteiger partial charge on any atom is -0.396 e. The molecule has 1 aliphatic rings. The molecule has 0 bridgehead atoms. The molecule has 121 heavy (non-hydrogen) atoms. The van der Waals surface area contributed by atoms with Crippen LogP contribution in [0.25, 0.3) is 4.85 Å². The molecule has 0 aromatic heterocycles. The summed E-state index contributed by atoms with van der Waals surface area (Å²) in [6, 6.07) is 1.95. The number of nitriles is 1. The van der Waals surface area contributed by atoms with Crippen molar-refractivity contribution in [3.63, 3.8) is 0 Å². The Morgan fingerprint density at radius 1 is 0.438 bits per heavy atom. The van der Waals surface area contributed by atoms with Gasteiger partial charge in [-0.25, -0.2) is 46.1 Å². The standard InChI is InChI=1S/C6H12O.C6H14O.C5H11ClO.C5H9F3O.C5H8FNO.2C5H11FO.C5H9NO.2C5H12O.C4H8Cl2O.C4H8ClFO.C4H9ClO.C4H8F2O.2C4H9FO.C3H6F2O.C3H7FO/c1-2-6(5-7)3-4-6;1-4-6(2,3)5-7;1-3-5(2,6)4-7;1-2-4(3-9)5(6,7)8;1-3-5(6,4-8)7-2;1-3-5(2,6)4-7;2*1-2-5(3-6)4-7;1-5(2,3)4-6;1-3-5(2)4-6;2*1-2-4(5,6)3-7;1-2-4(5)3-6;1-2-4(5,6)3-7;1-4(2,5)3-6;1-2-4(5)3-6;1-3(4,5)2-6;1-3(4)2-5/h7H,2-5H2,1H3;7H,4-5H2,1-3H3;7H,3-4H2,1-2H3;4,9H,2-3H2,1H3;8H,3-4H2,1H3;7H,3-4H2,1-2H3;5,7H,2-4H2,1H3;5,7H,2,4H2,1H3;6H,4H2,1-3H3;5-6H,3-4H2,1-2H3;2*7H,2-3H2,1H3;4,6H,2-3H2,1H3;7H,2-3H2,1H3;6H,3H2,1-2H3;4,6H,2-3H2,1H3;6H,2H2,1H3;3,5H,2H2,1H3. The third-order valence-corrected chi connectivity index (χ3v) is 17.6. The summed E-state index contributed by atoms with van der Waals surface area (Å²) >= 11 is 26.9. The summed E-state index contributed by atoms with van der Waals surface area (Å²) in [5.74, 6) is -9.12. The summed E-state index contributed by atoms with van der Waals surface area (Å²) < 4.78 is 162. The van der Waals surface area contributed by atoms with E-state index in [2.05, 4.69) is 25.6 Å². The van der Waals surface area contributed by atoms with E-state index in [4.69, 9.17) is 162 Å². The van der Waals surface area contributed by atoms with Gasteiger partial charge in [0.15, 0.2) is 6.61 Å². The first-order chi connectivity index (χ1) is 54.8. The molecule has 0 radical (unpaired) electrons. The Balaban J connectivity index is -0.0000000632. The lowest BCUT2D eigenvalue weighted by molar-refractivity contribution is -0.184. The molecule has 1 saturated carbocycles. The fraction of sp³-hybridized carbons (Fsp3) is 0.976. The number of hydrogen-bond acceptors (Lipinski definition) is 19. The van der Waals surface area contributed by atoms with Crippen molar-refractivity contribution in [1.29, 1.82) is 5.26 Å². The van der Waals surface area contributed by atoms with Gasteiger partial charge in [-0.15, -0.1) is 23.2 Å². The molecular weight excluding hydrogens is 1740 g/mol. The topological polar surface area (TPSA) is 392 Å². The van der Waals surface area contributed by atoms with E-state index < -0.39 is 109 Å². The fourth-order valence-corrected chi connectivity index (χ4v) is 3.10. The van der Waals surface area contributed by atoms with Gasteiger partial charge in [-0.3, -0.25) is 9.24 Å². The minimum atomic E-state index is -4.23. The highest BCUT2D eigenvalue weighted by atomic mass is 35.5. The molecule has 0 saturated heterocycles. The summed E-state index contributed by atoms with van der Waals surface area (Å²) in [5, 5.41) is 154. The Morgan fingerprint density at radius 3 is 0.860 bits per heavy atom. The molecule has 0 amide bonds. The Hall–Kier alpha value is -1.27. The molecule has 0 aliphatic heterocycles. The van der Waals surface area contributed by atoms with Crippen molar-refractivity contribution in [2.75, 3.05) is 126 Å². The van der Waals surface area contributed by atoms with E-state index in [-0.39, 0.29) is 118 Å². The molecule has 1 rings (SSSR count). The first-order valence-corrected chi connectivity index (χ1v) is 42.3. The van der Waals surface area contributed by atoms with Gasteiger partial charge in [0, 0.05) is 52.3 Å². The van der Waals surface area contributed by atoms with Crippen LogP contribution in [0, 0.1) is 57.8 Å². The van der Waals surface area contributed by atoms with E-state index in [1.54, 1.807) is 20.8 Å². The van der Waals surface area contributed by atoms with Gasteiger partial charge in [-0.05, 0) is 140 Å². The molecule has 11 unspecified atom stereocenters. The van der Waals surface area contributed by atoms with Gasteiger partial charge >= 0.3 is 12.0 Å². The summed E-state index contributed by atoms with van der Waals surface area (Å²) in [7, 11) is 0. The predicted octanol–water partition coefficient (Wildman–Crippen LogP) is 18.5. The monoisotopic (exact) mass is 1920 g/mol. The van der Waals surface area contributed by atoms with Crippen LogP contribution in [-0.4, -0.2) is 285 Å². The lowest BCUT2D eigenvalue weighted by Crippen LogP contribution is -2.25. The zero-order valence-corrected chi connectivity index (χ0v) is 81.7. The molecule has 20 nitrogen and oxygen atoms in total. The van der Waals surface area contributed by atoms with Crippen molar-refractivity contribution >= 4 is 58.0 Å². The maximum atomic E-state index is 12.4. The van der Waals surface area contributed by atoms with Gasteiger partial charge < -0.3 is 91.9 Å². The highest BCUT2D eigenvalue weighted by molar-refractivity contribution is 6.48. The average Bonchev–Trinajstić information content (AvgIpc) is 1.68. The van der Waals surface area contributed by atoms with Crippen LogP contribution in [0.5, 0.6) is 0 Å². The normalized spacial score (nSPS) is 15.2. The van der Waals surface area contributed by atoms with Crippen LogP contribution in [0.15, 0.2) is 0 Å². The Bertz CT molecular complexity index is 1810. The third-order valence-electron chi connectivity index (χ3n) is 15.6. The van der Waals surface area contributed by atoms with Crippen LogP contribution in [0.1, 0.15) is 283 Å². The van der Waals surface area contributed by atoms with Crippen molar-refractivity contribution < 1.29 is 153 Å². The lowest BCUT2D eigenvalue weighted by Gasteiger charge is -2.17. The quantitative estimate of drug-likeness (QED) is 0.0129. The summed E-state index contributed by atoms with van der Waals surface area (Å²) in [5.41, 5.74) is -2.14. The lowest BCUT2D eigenvalue weighted by atomic mass is 9.92. The van der Waals surface area contributed by atoms with Crippen LogP contribution in [-0.2, 0) is 0 Å². The number of halogens is 19. The molecule has 0 aromatic rings. The van der Waals surface area contributed by atoms with Gasteiger partial charge in [-0.1, -0.05) is 180 Å². The highest BCUT2D eigenvalue weighted by Gasteiger charge is 2.40. The maximum absolute atomic E-state index is 12.4. The van der Waals surface area contributed by atoms with E-state index in [0.717, 1.165) is 44.9 Å². The maximum Gasteiger partial charge on any atom is 0.393 e. The Kier molecular flexibility index (Phi) is 131. The van der Waals surface area contributed by atoms with Gasteiger partial charge in [-0.2, -0.15) is 22.8 Å². The third kappa shape index (κ3) is 163. The largest absolute Gasteiger partial charge is 0.396 e. The molecule has 0 spiro atoms. The van der Waals surface area contributed by atoms with Gasteiger partial charge in [0.2, 0.25) is 5.13 Å². The molecule has 0 heterocycles. The number of nitrogens with zero attached hydrogens (tertiary/aromatic N) is 2. The molecule has 18 N–H and O–H groups in total. The molecule has 1 aliphatic carbocycles. The molecule has 11 atom stereocenters. The number of aliphatic hydroxyl groups excluding tert-OH is 18. The van der Waals surface area contributed by atoms with Crippen LogP contribution in [0.3, 0.4) is 0 Å². The second kappa shape index (κ2) is 99.3. The van der Waals surface area contributed by atoms with Crippen LogP contribution in [0.2, 0.25) is 0 Å². The van der Waals surface area contributed by atoms with Crippen molar-refractivity contribution in [2.45, 2.75) is 350 Å². The second-order valence-electron chi connectivity index (χ2n) is 30.4. The zero-order chi connectivity index (χ0) is 101. The Labute approximate surface area is 746 Å². The smallest absolute Gasteiger partial charge is 0.393 e. The zero-order valence-electron chi connectivity index (χ0n) is 77.9. The molecule has 39 heteroatoms. The van der Waals surface area contributed by atoms with Crippen LogP contribution >= 0.6 is 58.0 Å². The van der Waals surface area contributed by atoms with Gasteiger partial charge in [0.25, 0.3) is 11.8 Å². The van der Waals surface area contributed by atoms with E-state index in [1.165, 1.54) is 61.3 Å². The number of rotatable bonds is 32. The highest BCUT2D eigenvalue weighted by Crippen LogP contribution is 2.47. The van der Waals surface area contributed by atoms with Crippen molar-refractivity contribution in [1.82, 2.24) is 0 Å². The van der Waals surface area contributed by atoms with Crippen LogP contribution < -0.4 is 0 Å². The van der Waals surface area contributed by atoms with E-state index in [1.807, 2.05) is 89.2 Å². The molecule has 752 valence electrons. The summed E-state index contributed by atoms with van der Waals surface area (Å²) in [6.07, 6.45) is 3.82. The SMILES string of the molecule is CC(C)(C)CO.CC(C)(F)CO.CC(F)(F)CO.CC(F)CO.CCC(C#N)CO.CCC(C)(C)CO.CCC(C)(Cl)CO.CCC(C)(F)CO.CCC(C)CO.CCC(CO)C(F)(F)F.CCC(CO)CF.CCC(Cl)(Cl)CO.CCC(Cl)CO.CCC(F)(Cl)CO.CCC(F)(F)CO.CCC(F)CO.CCC1(CO)CC1.[C-]#[N+]C(F)(CC)CO. The molecule has 1 fully saturated rings. The van der Waals surface area contributed by atoms with Crippen molar-refractivity contribution in [3.8, 4) is 6.07 Å². The first kappa shape index (κ1) is 160. The van der Waals surface area contributed by atoms with Crippen molar-refractivity contribution in [2.24, 2.45) is 39.9 Å². The van der Waals surface area contributed by atoms with Crippen molar-refractivity contribution in [3.05, 3.63) is 11.4 Å². The Morgan fingerprint density at radius 2 is 0.860 bits per heavy atom. The number of hydrogen-bond donors (Lipinski definition) is 18. The summed E-state index contributed by atoms with van der Waals surface area (Å²) in [6.45, 7) is 46.3. The van der Waals surface area contributed by atoms with Gasteiger partial charge in [0.1, 0.15) is 41.2 Å². The van der Waals surface area contributed by atoms with E-state index >= 15 is 0 Å². The second-order valence-corrected chi connectivity index (χ2v) is 34.2. The van der Waals surface area contributed by atoms with Crippen LogP contribution in [0.4, 0.5) is 61.5 Å². The average molecular weight is 1920 g/mol. The van der Waals surface area contributed by atoms with E-state index in [0.29, 0.717) is 57.3 Å². The predicted molar refractivity (Wildman–Crippen MR) is 468 cm³/mol. The van der Waals surface area contributed by atoms with Gasteiger partial charge in [0.05, 0.1) is 107 Å². The minimum absolute atomic E-state index is 0.00694. The molecule has 0 aromatic carbocycles. The van der Waals surface area contributed by atoms with E-state index in [9.17, 15) is 61.5 Å². The number of aliphatic hydroxyl groups is 18.